The van der Waals surface area contributed by atoms with Crippen LogP contribution in [0, 0.1) is 11.8 Å². The van der Waals surface area contributed by atoms with E-state index in [1.165, 1.54) is 6.92 Å². The molecule has 1 N–H and O–H groups in total. The van der Waals surface area contributed by atoms with E-state index in [0.29, 0.717) is 6.61 Å². The molecule has 0 aromatic carbocycles. The van der Waals surface area contributed by atoms with E-state index in [1.54, 1.807) is 0 Å². The predicted octanol–water partition coefficient (Wildman–Crippen LogP) is 1.43. The van der Waals surface area contributed by atoms with Crippen LogP contribution in [-0.2, 0) is 18.8 Å². The van der Waals surface area contributed by atoms with Crippen LogP contribution in [0.2, 0.25) is 13.1 Å². The zero-order chi connectivity index (χ0) is 14.4. The molecule has 1 heterocycles. The monoisotopic (exact) mass is 287 g/mol. The van der Waals surface area contributed by atoms with Crippen molar-refractivity contribution in [1.82, 2.24) is 5.32 Å². The van der Waals surface area contributed by atoms with Crippen molar-refractivity contribution in [2.75, 3.05) is 6.61 Å². The zero-order valence-corrected chi connectivity index (χ0v) is 13.4. The van der Waals surface area contributed by atoms with Crippen LogP contribution in [0.1, 0.15) is 33.1 Å². The van der Waals surface area contributed by atoms with Crippen LogP contribution in [0.3, 0.4) is 0 Å². The number of carbonyl (C=O) groups is 2. The van der Waals surface area contributed by atoms with Crippen molar-refractivity contribution in [3.63, 3.8) is 0 Å². The standard InChI is InChI=1S/C13H25NO4Si/c1-5-6-7-10(8-17-19(3)4)11-12(16)14-13(11)18-9(2)15/h10-11,13,19H,5-8H2,1-4H3,(H,14,16)/t10-,11?,13?/m0/s1. The van der Waals surface area contributed by atoms with E-state index in [0.717, 1.165) is 19.3 Å². The summed E-state index contributed by atoms with van der Waals surface area (Å²) in [5, 5.41) is 2.64. The maximum atomic E-state index is 11.7. The number of amides is 1. The van der Waals surface area contributed by atoms with Gasteiger partial charge >= 0.3 is 5.97 Å². The van der Waals surface area contributed by atoms with Gasteiger partial charge in [-0.2, -0.15) is 0 Å². The third kappa shape index (κ3) is 4.95. The van der Waals surface area contributed by atoms with Crippen molar-refractivity contribution in [2.24, 2.45) is 11.8 Å². The number of unbranched alkanes of at least 4 members (excludes halogenated alkanes) is 1. The van der Waals surface area contributed by atoms with Gasteiger partial charge in [0.15, 0.2) is 15.3 Å². The molecule has 1 fully saturated rings. The SMILES string of the molecule is CCCC[C@@H](CO[SiH](C)C)C1C(=O)NC1OC(C)=O. The quantitative estimate of drug-likeness (QED) is 0.417. The van der Waals surface area contributed by atoms with Gasteiger partial charge in [-0.05, 0) is 25.4 Å². The minimum Gasteiger partial charge on any atom is -0.441 e. The van der Waals surface area contributed by atoms with Crippen LogP contribution in [0.5, 0.6) is 0 Å². The highest BCUT2D eigenvalue weighted by Gasteiger charge is 2.46. The lowest BCUT2D eigenvalue weighted by molar-refractivity contribution is -0.172. The molecule has 2 unspecified atom stereocenters. The molecular formula is C13H25NO4Si. The Labute approximate surface area is 116 Å². The number of rotatable bonds is 8. The van der Waals surface area contributed by atoms with Gasteiger partial charge in [0, 0.05) is 13.5 Å². The summed E-state index contributed by atoms with van der Waals surface area (Å²) >= 11 is 0. The molecule has 0 aromatic rings. The van der Waals surface area contributed by atoms with Gasteiger partial charge in [-0.25, -0.2) is 0 Å². The van der Waals surface area contributed by atoms with Gasteiger partial charge in [-0.15, -0.1) is 0 Å². The highest BCUT2D eigenvalue weighted by atomic mass is 28.3. The number of β-lactam (4-membered cyclic amide) rings is 1. The van der Waals surface area contributed by atoms with Crippen LogP contribution in [0.15, 0.2) is 0 Å². The molecule has 6 heteroatoms. The zero-order valence-electron chi connectivity index (χ0n) is 12.3. The first kappa shape index (κ1) is 16.2. The van der Waals surface area contributed by atoms with Crippen molar-refractivity contribution in [1.29, 1.82) is 0 Å². The number of nitrogens with one attached hydrogen (secondary N) is 1. The summed E-state index contributed by atoms with van der Waals surface area (Å²) in [5.41, 5.74) is 0. The molecule has 0 aromatic heterocycles. The van der Waals surface area contributed by atoms with Crippen LogP contribution in [0.25, 0.3) is 0 Å². The van der Waals surface area contributed by atoms with Crippen LogP contribution >= 0.6 is 0 Å². The number of esters is 1. The molecule has 1 aliphatic heterocycles. The van der Waals surface area contributed by atoms with E-state index in [2.05, 4.69) is 25.3 Å². The molecule has 0 aliphatic carbocycles. The molecular weight excluding hydrogens is 262 g/mol. The summed E-state index contributed by atoms with van der Waals surface area (Å²) in [6, 6.07) is 0. The summed E-state index contributed by atoms with van der Waals surface area (Å²) in [4.78, 5) is 22.7. The predicted molar refractivity (Wildman–Crippen MR) is 75.0 cm³/mol. The smallest absolute Gasteiger partial charge is 0.304 e. The fourth-order valence-corrected chi connectivity index (χ4v) is 2.89. The largest absolute Gasteiger partial charge is 0.441 e. The molecule has 0 saturated carbocycles. The van der Waals surface area contributed by atoms with E-state index < -0.39 is 15.3 Å². The lowest BCUT2D eigenvalue weighted by Crippen LogP contribution is -2.63. The Morgan fingerprint density at radius 2 is 2.16 bits per heavy atom. The van der Waals surface area contributed by atoms with Crippen molar-refractivity contribution < 1.29 is 18.8 Å². The van der Waals surface area contributed by atoms with Crippen molar-refractivity contribution in [2.45, 2.75) is 52.4 Å². The topological polar surface area (TPSA) is 64.6 Å². The highest BCUT2D eigenvalue weighted by Crippen LogP contribution is 2.29. The molecule has 19 heavy (non-hydrogen) atoms. The average Bonchev–Trinajstić information content (AvgIpc) is 2.31. The Kier molecular flexibility index (Phi) is 6.51. The maximum Gasteiger partial charge on any atom is 0.304 e. The average molecular weight is 287 g/mol. The van der Waals surface area contributed by atoms with Gasteiger partial charge in [-0.3, -0.25) is 9.59 Å². The minimum absolute atomic E-state index is 0.0265. The fraction of sp³-hybridized carbons (Fsp3) is 0.846. The summed E-state index contributed by atoms with van der Waals surface area (Å²) in [5.74, 6) is -0.485. The van der Waals surface area contributed by atoms with Crippen molar-refractivity contribution in [3.8, 4) is 0 Å². The number of hydrogen-bond donors (Lipinski definition) is 1. The first-order valence-corrected chi connectivity index (χ1v) is 9.83. The Morgan fingerprint density at radius 3 is 2.63 bits per heavy atom. The van der Waals surface area contributed by atoms with Gasteiger partial charge in [0.2, 0.25) is 5.91 Å². The second-order valence-corrected chi connectivity index (χ2v) is 7.78. The molecule has 1 aliphatic rings. The van der Waals surface area contributed by atoms with Crippen LogP contribution in [-0.4, -0.2) is 33.8 Å². The van der Waals surface area contributed by atoms with Crippen LogP contribution < -0.4 is 5.32 Å². The van der Waals surface area contributed by atoms with E-state index in [9.17, 15) is 9.59 Å². The van der Waals surface area contributed by atoms with Crippen molar-refractivity contribution >= 4 is 20.9 Å². The molecule has 0 spiro atoms. The minimum atomic E-state index is -1.10. The van der Waals surface area contributed by atoms with Gasteiger partial charge in [0.1, 0.15) is 0 Å². The number of ether oxygens (including phenoxy) is 1. The Hall–Kier alpha value is -0.883. The summed E-state index contributed by atoms with van der Waals surface area (Å²) in [6.45, 7) is 8.31. The molecule has 0 radical (unpaired) electrons. The molecule has 1 rings (SSSR count). The van der Waals surface area contributed by atoms with E-state index in [1.807, 2.05) is 0 Å². The second-order valence-electron chi connectivity index (χ2n) is 5.35. The van der Waals surface area contributed by atoms with Crippen LogP contribution in [0.4, 0.5) is 0 Å². The Morgan fingerprint density at radius 1 is 1.47 bits per heavy atom. The molecule has 1 amide bonds. The molecule has 1 saturated heterocycles. The maximum absolute atomic E-state index is 11.7. The number of carbonyl (C=O) groups excluding carboxylic acids is 2. The molecule has 110 valence electrons. The summed E-state index contributed by atoms with van der Waals surface area (Å²) in [6.07, 6.45) is 2.61. The summed E-state index contributed by atoms with van der Waals surface area (Å²) < 4.78 is 10.9. The fourth-order valence-electron chi connectivity index (χ4n) is 2.26. The van der Waals surface area contributed by atoms with Gasteiger partial charge < -0.3 is 14.5 Å². The third-order valence-electron chi connectivity index (χ3n) is 3.29. The Bertz CT molecular complexity index is 322. The van der Waals surface area contributed by atoms with E-state index in [4.69, 9.17) is 9.16 Å². The van der Waals surface area contributed by atoms with Gasteiger partial charge in [-0.1, -0.05) is 19.8 Å². The Balaban J connectivity index is 2.59. The molecule has 0 bridgehead atoms. The first-order chi connectivity index (χ1) is 8.95. The first-order valence-electron chi connectivity index (χ1n) is 7.04. The van der Waals surface area contributed by atoms with E-state index >= 15 is 0 Å². The third-order valence-corrected chi connectivity index (χ3v) is 4.15. The van der Waals surface area contributed by atoms with E-state index in [-0.39, 0.29) is 23.7 Å². The second kappa shape index (κ2) is 7.64. The van der Waals surface area contributed by atoms with Gasteiger partial charge in [0.25, 0.3) is 0 Å². The molecule has 3 atom stereocenters. The highest BCUT2D eigenvalue weighted by molar-refractivity contribution is 6.48. The lowest BCUT2D eigenvalue weighted by Gasteiger charge is -2.40. The number of hydrogen-bond acceptors (Lipinski definition) is 4. The van der Waals surface area contributed by atoms with Crippen molar-refractivity contribution in [3.05, 3.63) is 0 Å². The van der Waals surface area contributed by atoms with Gasteiger partial charge in [0.05, 0.1) is 5.92 Å². The normalized spacial score (nSPS) is 23.7. The lowest BCUT2D eigenvalue weighted by atomic mass is 9.82. The summed E-state index contributed by atoms with van der Waals surface area (Å²) in [7, 11) is -1.10. The molecule has 5 nitrogen and oxygen atoms in total.